The summed E-state index contributed by atoms with van der Waals surface area (Å²) in [4.78, 5) is 4.68. The number of aromatic nitrogens is 1. The molecule has 0 spiro atoms. The molecule has 28 heavy (non-hydrogen) atoms. The molecule has 140 valence electrons. The summed E-state index contributed by atoms with van der Waals surface area (Å²) in [6, 6.07) is 24.4. The van der Waals surface area contributed by atoms with E-state index in [1.807, 2.05) is 6.20 Å². The van der Waals surface area contributed by atoms with Gasteiger partial charge in [-0.15, -0.1) is 0 Å². The minimum atomic E-state index is -1.81. The molecule has 0 aliphatic carbocycles. The van der Waals surface area contributed by atoms with Gasteiger partial charge in [-0.25, -0.2) is 0 Å². The van der Waals surface area contributed by atoms with Gasteiger partial charge in [-0.1, -0.05) is 6.07 Å². The Hall–Kier alpha value is -2.39. The van der Waals surface area contributed by atoms with Crippen LogP contribution in [0.2, 0.25) is 17.3 Å². The number of rotatable bonds is 3. The molecule has 0 aliphatic heterocycles. The third-order valence-corrected chi connectivity index (χ3v) is 9.81. The molecule has 0 unspecified atom stereocenters. The first-order valence-electron chi connectivity index (χ1n) is 9.90. The van der Waals surface area contributed by atoms with Gasteiger partial charge in [-0.2, -0.15) is 0 Å². The van der Waals surface area contributed by atoms with Crippen LogP contribution in [0.25, 0.3) is 33.2 Å². The van der Waals surface area contributed by atoms with Gasteiger partial charge in [0.1, 0.15) is 0 Å². The van der Waals surface area contributed by atoms with Crippen molar-refractivity contribution in [1.82, 2.24) is 4.98 Å². The molecular weight excluding hydrogens is 399 g/mol. The summed E-state index contributed by atoms with van der Waals surface area (Å²) >= 11 is -1.81. The molecule has 0 saturated heterocycles. The predicted octanol–water partition coefficient (Wildman–Crippen LogP) is 6.73. The van der Waals surface area contributed by atoms with Crippen LogP contribution >= 0.6 is 0 Å². The van der Waals surface area contributed by atoms with Crippen molar-refractivity contribution in [2.45, 2.75) is 31.1 Å². The third-order valence-electron chi connectivity index (χ3n) is 5.53. The van der Waals surface area contributed by atoms with Crippen molar-refractivity contribution in [2.75, 3.05) is 0 Å². The van der Waals surface area contributed by atoms with Crippen LogP contribution < -0.4 is 4.40 Å². The van der Waals surface area contributed by atoms with Crippen LogP contribution in [-0.4, -0.2) is 18.3 Å². The van der Waals surface area contributed by atoms with Crippen molar-refractivity contribution in [3.8, 4) is 22.4 Å². The van der Waals surface area contributed by atoms with Gasteiger partial charge in [0.25, 0.3) is 0 Å². The molecule has 4 rings (SSSR count). The van der Waals surface area contributed by atoms with E-state index in [4.69, 9.17) is 0 Å². The van der Waals surface area contributed by atoms with E-state index >= 15 is 0 Å². The average molecular weight is 426 g/mol. The average Bonchev–Trinajstić information content (AvgIpc) is 2.67. The Morgan fingerprint density at radius 1 is 0.714 bits per heavy atom. The van der Waals surface area contributed by atoms with Crippen LogP contribution in [0.4, 0.5) is 0 Å². The summed E-state index contributed by atoms with van der Waals surface area (Å²) in [5.41, 5.74) is 7.39. The van der Waals surface area contributed by atoms with Gasteiger partial charge >= 0.3 is 165 Å². The molecule has 3 aromatic carbocycles. The van der Waals surface area contributed by atoms with Gasteiger partial charge in [0, 0.05) is 0 Å². The van der Waals surface area contributed by atoms with Crippen molar-refractivity contribution in [1.29, 1.82) is 0 Å². The Labute approximate surface area is 170 Å². The zero-order chi connectivity index (χ0) is 19.9. The van der Waals surface area contributed by atoms with Crippen LogP contribution in [0.5, 0.6) is 0 Å². The molecule has 1 nitrogen and oxygen atoms in total. The third kappa shape index (κ3) is 3.64. The number of hydrogen-bond acceptors (Lipinski definition) is 1. The molecule has 0 N–H and O–H groups in total. The molecule has 0 amide bonds. The Kier molecular flexibility index (Phi) is 4.88. The fourth-order valence-electron chi connectivity index (χ4n) is 3.86. The van der Waals surface area contributed by atoms with Gasteiger partial charge in [-0.3, -0.25) is 0 Å². The molecule has 0 atom stereocenters. The number of aryl methyl sites for hydroxylation is 2. The summed E-state index contributed by atoms with van der Waals surface area (Å²) in [5.74, 6) is 7.34. The molecule has 1 aromatic heterocycles. The van der Waals surface area contributed by atoms with Gasteiger partial charge in [0.05, 0.1) is 0 Å². The monoisotopic (exact) mass is 427 g/mol. The second-order valence-corrected chi connectivity index (χ2v) is 19.4. The summed E-state index contributed by atoms with van der Waals surface area (Å²) in [5, 5.41) is 2.57. The van der Waals surface area contributed by atoms with Gasteiger partial charge in [0.15, 0.2) is 0 Å². The number of hydrogen-bond donors (Lipinski definition) is 0. The van der Waals surface area contributed by atoms with Gasteiger partial charge in [0.2, 0.25) is 0 Å². The zero-order valence-electron chi connectivity index (χ0n) is 17.4. The number of benzene rings is 3. The molecule has 1 heterocycles. The predicted molar refractivity (Wildman–Crippen MR) is 125 cm³/mol. The first-order valence-corrected chi connectivity index (χ1v) is 17.2. The maximum absolute atomic E-state index is 4.68. The van der Waals surface area contributed by atoms with Crippen molar-refractivity contribution in [3.05, 3.63) is 84.1 Å². The standard InChI is InChI=1S/C26H27GeN/c1-18-14-22(16-20-8-6-7-9-24(18)20)26-17-21(12-13-28-26)25-11-10-23(15-19(25)2)27(3,4)5/h6-17H,1-5H3. The van der Waals surface area contributed by atoms with Crippen LogP contribution in [0.15, 0.2) is 72.9 Å². The van der Waals surface area contributed by atoms with E-state index in [-0.39, 0.29) is 0 Å². The molecule has 4 aromatic rings. The van der Waals surface area contributed by atoms with E-state index in [0.717, 1.165) is 5.69 Å². The SMILES string of the molecule is Cc1c[c]([Ge]([CH3])([CH3])[CH3])ccc1-c1ccnc(-c2cc(C)c3ccccc3c2)c1. The Morgan fingerprint density at radius 2 is 1.50 bits per heavy atom. The van der Waals surface area contributed by atoms with Crippen molar-refractivity contribution >= 4 is 28.4 Å². The number of fused-ring (bicyclic) bond motifs is 1. The van der Waals surface area contributed by atoms with E-state index in [2.05, 4.69) is 103 Å². The van der Waals surface area contributed by atoms with Crippen molar-refractivity contribution < 1.29 is 0 Å². The first kappa shape index (κ1) is 19.0. The minimum absolute atomic E-state index is 1.03. The van der Waals surface area contributed by atoms with E-state index in [1.54, 1.807) is 4.40 Å². The topological polar surface area (TPSA) is 12.9 Å². The normalized spacial score (nSPS) is 11.8. The van der Waals surface area contributed by atoms with Crippen LogP contribution in [0.1, 0.15) is 11.1 Å². The molecule has 0 radical (unpaired) electrons. The second-order valence-electron chi connectivity index (χ2n) is 8.72. The van der Waals surface area contributed by atoms with Crippen molar-refractivity contribution in [3.63, 3.8) is 0 Å². The van der Waals surface area contributed by atoms with Gasteiger partial charge < -0.3 is 0 Å². The number of nitrogens with zero attached hydrogens (tertiary/aromatic N) is 1. The Balaban J connectivity index is 1.79. The number of pyridine rings is 1. The van der Waals surface area contributed by atoms with E-state index in [0.29, 0.717) is 0 Å². The fourth-order valence-corrected chi connectivity index (χ4v) is 6.45. The van der Waals surface area contributed by atoms with Crippen LogP contribution in [-0.2, 0) is 0 Å². The van der Waals surface area contributed by atoms with E-state index < -0.39 is 13.3 Å². The molecule has 0 aliphatic rings. The Morgan fingerprint density at radius 3 is 2.25 bits per heavy atom. The fraction of sp³-hybridized carbons (Fsp3) is 0.192. The summed E-state index contributed by atoms with van der Waals surface area (Å²) in [6.45, 7) is 4.41. The zero-order valence-corrected chi connectivity index (χ0v) is 19.5. The molecule has 0 saturated carbocycles. The summed E-state index contributed by atoms with van der Waals surface area (Å²) in [6.07, 6.45) is 1.93. The first-order chi connectivity index (χ1) is 13.3. The maximum atomic E-state index is 4.68. The summed E-state index contributed by atoms with van der Waals surface area (Å²) < 4.78 is 1.56. The second kappa shape index (κ2) is 7.21. The van der Waals surface area contributed by atoms with Crippen LogP contribution in [0, 0.1) is 13.8 Å². The Bertz CT molecular complexity index is 1170. The van der Waals surface area contributed by atoms with E-state index in [1.165, 1.54) is 38.6 Å². The summed E-state index contributed by atoms with van der Waals surface area (Å²) in [7, 11) is 0. The van der Waals surface area contributed by atoms with Gasteiger partial charge in [-0.05, 0) is 0 Å². The van der Waals surface area contributed by atoms with E-state index in [9.17, 15) is 0 Å². The molecule has 2 heteroatoms. The quantitative estimate of drug-likeness (QED) is 0.331. The molecule has 0 fully saturated rings. The van der Waals surface area contributed by atoms with Crippen molar-refractivity contribution in [2.24, 2.45) is 0 Å². The molecular formula is C26H27GeN. The molecule has 0 bridgehead atoms. The van der Waals surface area contributed by atoms with Crippen LogP contribution in [0.3, 0.4) is 0 Å².